The maximum atomic E-state index is 12.6. The number of benzene rings is 3. The molecule has 25 heavy (non-hydrogen) atoms. The monoisotopic (exact) mass is 330 g/mol. The molecule has 0 aliphatic heterocycles. The van der Waals surface area contributed by atoms with Crippen LogP contribution in [0.4, 0.5) is 0 Å². The number of ether oxygens (including phenoxy) is 1. The van der Waals surface area contributed by atoms with Crippen LogP contribution in [0.25, 0.3) is 0 Å². The fourth-order valence-corrected chi connectivity index (χ4v) is 3.40. The Morgan fingerprint density at radius 1 is 0.720 bits per heavy atom. The third kappa shape index (κ3) is 3.48. The van der Waals surface area contributed by atoms with Gasteiger partial charge in [0.25, 0.3) is 0 Å². The van der Waals surface area contributed by atoms with Crippen molar-refractivity contribution in [2.24, 2.45) is 0 Å². The minimum Gasteiger partial charge on any atom is -0.466 e. The van der Waals surface area contributed by atoms with E-state index in [0.29, 0.717) is 6.61 Å². The van der Waals surface area contributed by atoms with Crippen molar-refractivity contribution in [2.75, 3.05) is 6.61 Å². The number of esters is 1. The molecule has 0 radical (unpaired) electrons. The molecule has 0 aliphatic carbocycles. The van der Waals surface area contributed by atoms with Gasteiger partial charge < -0.3 is 4.74 Å². The average molecular weight is 330 g/mol. The fourth-order valence-electron chi connectivity index (χ4n) is 3.40. The Bertz CT molecular complexity index is 699. The quantitative estimate of drug-likeness (QED) is 0.471. The predicted molar refractivity (Wildman–Crippen MR) is 100 cm³/mol. The molecule has 3 rings (SSSR count). The summed E-state index contributed by atoms with van der Waals surface area (Å²) < 4.78 is 5.32. The van der Waals surface area contributed by atoms with Gasteiger partial charge in [-0.25, -0.2) is 0 Å². The molecule has 0 N–H and O–H groups in total. The van der Waals surface area contributed by atoms with Crippen LogP contribution in [0.5, 0.6) is 0 Å². The van der Waals surface area contributed by atoms with Crippen LogP contribution in [-0.4, -0.2) is 12.6 Å². The fraction of sp³-hybridized carbons (Fsp3) is 0.174. The van der Waals surface area contributed by atoms with Gasteiger partial charge in [-0.3, -0.25) is 4.79 Å². The van der Waals surface area contributed by atoms with Crippen molar-refractivity contribution in [2.45, 2.75) is 18.8 Å². The first-order chi connectivity index (χ1) is 12.3. The molecule has 0 unspecified atom stereocenters. The van der Waals surface area contributed by atoms with Gasteiger partial charge in [-0.1, -0.05) is 91.0 Å². The van der Waals surface area contributed by atoms with Crippen molar-refractivity contribution in [1.82, 2.24) is 0 Å². The second kappa shape index (κ2) is 7.80. The van der Waals surface area contributed by atoms with E-state index in [1.54, 1.807) is 0 Å². The van der Waals surface area contributed by atoms with E-state index in [-0.39, 0.29) is 12.4 Å². The summed E-state index contributed by atoms with van der Waals surface area (Å²) >= 11 is 0. The largest absolute Gasteiger partial charge is 0.466 e. The van der Waals surface area contributed by atoms with E-state index < -0.39 is 5.41 Å². The predicted octanol–water partition coefficient (Wildman–Crippen LogP) is 4.97. The highest BCUT2D eigenvalue weighted by atomic mass is 16.5. The number of rotatable bonds is 6. The van der Waals surface area contributed by atoms with Crippen molar-refractivity contribution < 1.29 is 9.53 Å². The zero-order valence-corrected chi connectivity index (χ0v) is 14.4. The van der Waals surface area contributed by atoms with E-state index in [1.165, 1.54) is 0 Å². The van der Waals surface area contributed by atoms with E-state index in [0.717, 1.165) is 16.7 Å². The molecule has 0 aromatic heterocycles. The summed E-state index contributed by atoms with van der Waals surface area (Å²) in [5.74, 6) is -0.195. The lowest BCUT2D eigenvalue weighted by Gasteiger charge is -2.35. The van der Waals surface area contributed by atoms with Gasteiger partial charge in [0.2, 0.25) is 0 Å². The second-order valence-electron chi connectivity index (χ2n) is 5.99. The Labute approximate surface area is 149 Å². The van der Waals surface area contributed by atoms with Crippen molar-refractivity contribution in [1.29, 1.82) is 0 Å². The summed E-state index contributed by atoms with van der Waals surface area (Å²) in [5.41, 5.74) is 2.68. The molecule has 0 saturated carbocycles. The lowest BCUT2D eigenvalue weighted by Crippen LogP contribution is -2.33. The Morgan fingerprint density at radius 3 is 1.40 bits per heavy atom. The molecule has 0 spiro atoms. The number of hydrogen-bond acceptors (Lipinski definition) is 2. The van der Waals surface area contributed by atoms with Gasteiger partial charge in [-0.15, -0.1) is 0 Å². The molecular weight excluding hydrogens is 308 g/mol. The summed E-state index contributed by atoms with van der Waals surface area (Å²) in [6.07, 6.45) is 0.263. The molecule has 3 aromatic rings. The normalized spacial score (nSPS) is 11.1. The molecule has 0 heterocycles. The molecule has 0 saturated heterocycles. The van der Waals surface area contributed by atoms with Gasteiger partial charge in [-0.05, 0) is 23.6 Å². The molecule has 3 aromatic carbocycles. The van der Waals surface area contributed by atoms with Gasteiger partial charge in [-0.2, -0.15) is 0 Å². The summed E-state index contributed by atoms with van der Waals surface area (Å²) in [6, 6.07) is 30.6. The Kier molecular flexibility index (Phi) is 5.30. The molecule has 0 atom stereocenters. The van der Waals surface area contributed by atoms with Crippen LogP contribution in [0.15, 0.2) is 91.0 Å². The van der Waals surface area contributed by atoms with Crippen molar-refractivity contribution in [3.63, 3.8) is 0 Å². The molecule has 2 heteroatoms. The van der Waals surface area contributed by atoms with Crippen molar-refractivity contribution >= 4 is 5.97 Å². The van der Waals surface area contributed by atoms with Gasteiger partial charge in [0.1, 0.15) is 0 Å². The summed E-state index contributed by atoms with van der Waals surface area (Å²) in [6.45, 7) is 2.22. The van der Waals surface area contributed by atoms with E-state index >= 15 is 0 Å². The highest BCUT2D eigenvalue weighted by Crippen LogP contribution is 2.42. The Morgan fingerprint density at radius 2 is 1.08 bits per heavy atom. The highest BCUT2D eigenvalue weighted by Gasteiger charge is 2.38. The molecule has 0 aliphatic rings. The van der Waals surface area contributed by atoms with Crippen LogP contribution in [-0.2, 0) is 14.9 Å². The lowest BCUT2D eigenvalue weighted by atomic mass is 9.67. The van der Waals surface area contributed by atoms with Crippen LogP contribution < -0.4 is 0 Å². The Hall–Kier alpha value is -2.87. The van der Waals surface area contributed by atoms with Gasteiger partial charge >= 0.3 is 5.97 Å². The van der Waals surface area contributed by atoms with E-state index in [9.17, 15) is 4.79 Å². The van der Waals surface area contributed by atoms with Crippen molar-refractivity contribution in [3.05, 3.63) is 108 Å². The van der Waals surface area contributed by atoms with Crippen LogP contribution in [0, 0.1) is 0 Å². The summed E-state index contributed by atoms with van der Waals surface area (Å²) in [5, 5.41) is 0. The number of carbonyl (C=O) groups is 1. The maximum absolute atomic E-state index is 12.6. The van der Waals surface area contributed by atoms with Crippen LogP contribution in [0.1, 0.15) is 30.0 Å². The Balaban J connectivity index is 2.26. The topological polar surface area (TPSA) is 26.3 Å². The second-order valence-corrected chi connectivity index (χ2v) is 5.99. The summed E-state index contributed by atoms with van der Waals surface area (Å²) in [7, 11) is 0. The van der Waals surface area contributed by atoms with Gasteiger partial charge in [0, 0.05) is 0 Å². The molecule has 0 fully saturated rings. The third-order valence-electron chi connectivity index (χ3n) is 4.51. The standard InChI is InChI=1S/C23H22O2/c1-2-25-22(24)18-23(19-12-6-3-7-13-19,20-14-8-4-9-15-20)21-16-10-5-11-17-21/h3-17H,2,18H2,1H3. The minimum absolute atomic E-state index is 0.195. The minimum atomic E-state index is -0.573. The smallest absolute Gasteiger partial charge is 0.307 e. The van der Waals surface area contributed by atoms with Crippen LogP contribution in [0.2, 0.25) is 0 Å². The summed E-state index contributed by atoms with van der Waals surface area (Å²) in [4.78, 5) is 12.6. The molecule has 126 valence electrons. The SMILES string of the molecule is CCOC(=O)CC(c1ccccc1)(c1ccccc1)c1ccccc1. The first-order valence-corrected chi connectivity index (χ1v) is 8.59. The van der Waals surface area contributed by atoms with E-state index in [1.807, 2.05) is 61.5 Å². The zero-order chi connectivity index (χ0) is 17.5. The first-order valence-electron chi connectivity index (χ1n) is 8.59. The molecule has 0 bridgehead atoms. The molecular formula is C23H22O2. The van der Waals surface area contributed by atoms with Gasteiger partial charge in [0.05, 0.1) is 18.4 Å². The van der Waals surface area contributed by atoms with Crippen molar-refractivity contribution in [3.8, 4) is 0 Å². The number of carbonyl (C=O) groups excluding carboxylic acids is 1. The average Bonchev–Trinajstić information content (AvgIpc) is 2.68. The van der Waals surface area contributed by atoms with Crippen LogP contribution >= 0.6 is 0 Å². The highest BCUT2D eigenvalue weighted by molar-refractivity contribution is 5.74. The molecule has 0 amide bonds. The first kappa shape index (κ1) is 17.0. The molecule has 2 nitrogen and oxygen atoms in total. The van der Waals surface area contributed by atoms with Gasteiger partial charge in [0.15, 0.2) is 0 Å². The van der Waals surface area contributed by atoms with E-state index in [4.69, 9.17) is 4.74 Å². The lowest BCUT2D eigenvalue weighted by molar-refractivity contribution is -0.144. The van der Waals surface area contributed by atoms with Crippen LogP contribution in [0.3, 0.4) is 0 Å². The van der Waals surface area contributed by atoms with E-state index in [2.05, 4.69) is 36.4 Å². The third-order valence-corrected chi connectivity index (χ3v) is 4.51. The number of hydrogen-bond donors (Lipinski definition) is 0. The maximum Gasteiger partial charge on any atom is 0.307 e. The zero-order valence-electron chi connectivity index (χ0n) is 14.4.